The summed E-state index contributed by atoms with van der Waals surface area (Å²) in [5, 5.41) is 11.6. The second-order valence-electron chi connectivity index (χ2n) is 6.94. The molecule has 0 spiro atoms. The highest BCUT2D eigenvalue weighted by Gasteiger charge is 2.42. The molecule has 0 amide bonds. The normalized spacial score (nSPS) is 12.5. The van der Waals surface area contributed by atoms with Crippen molar-refractivity contribution in [2.75, 3.05) is 19.0 Å². The van der Waals surface area contributed by atoms with Gasteiger partial charge in [-0.05, 0) is 17.7 Å². The van der Waals surface area contributed by atoms with Crippen molar-refractivity contribution in [3.8, 4) is 0 Å². The third-order valence-electron chi connectivity index (χ3n) is 4.62. The molecule has 0 aliphatic carbocycles. The van der Waals surface area contributed by atoms with E-state index >= 15 is 0 Å². The van der Waals surface area contributed by atoms with Crippen LogP contribution in [0.25, 0.3) is 0 Å². The molecular weight excluding hydrogens is 316 g/mol. The van der Waals surface area contributed by atoms with E-state index in [1.165, 1.54) is 0 Å². The van der Waals surface area contributed by atoms with Crippen molar-refractivity contribution in [3.63, 3.8) is 0 Å². The first-order chi connectivity index (χ1) is 11.7. The summed E-state index contributed by atoms with van der Waals surface area (Å²) in [7, 11) is 3.87. The van der Waals surface area contributed by atoms with E-state index in [2.05, 4.69) is 0 Å². The average molecular weight is 340 g/mol. The van der Waals surface area contributed by atoms with Crippen molar-refractivity contribution >= 4 is 11.5 Å². The fourth-order valence-corrected chi connectivity index (χ4v) is 2.83. The Labute approximate surface area is 148 Å². The molecule has 1 unspecified atom stereocenters. The molecule has 1 atom stereocenters. The SMILES string of the molecule is CN(C)c1ccc(C(CC(=O)c2ccccc2)C(C)(C)[N+](=O)[O-])cc1. The van der Waals surface area contributed by atoms with Gasteiger partial charge in [-0.2, -0.15) is 0 Å². The quantitative estimate of drug-likeness (QED) is 0.431. The molecule has 2 rings (SSSR count). The van der Waals surface area contributed by atoms with Crippen LogP contribution in [-0.4, -0.2) is 30.3 Å². The predicted molar refractivity (Wildman–Crippen MR) is 100.0 cm³/mol. The summed E-state index contributed by atoms with van der Waals surface area (Å²) >= 11 is 0. The zero-order valence-corrected chi connectivity index (χ0v) is 15.1. The maximum absolute atomic E-state index is 12.6. The lowest BCUT2D eigenvalue weighted by Crippen LogP contribution is -2.39. The van der Waals surface area contributed by atoms with Crippen molar-refractivity contribution in [3.05, 3.63) is 75.8 Å². The molecule has 2 aromatic carbocycles. The van der Waals surface area contributed by atoms with Crippen molar-refractivity contribution in [2.45, 2.75) is 31.7 Å². The molecule has 0 bridgehead atoms. The van der Waals surface area contributed by atoms with E-state index in [1.807, 2.05) is 49.3 Å². The number of nitro groups is 1. The molecule has 0 saturated heterocycles. The van der Waals surface area contributed by atoms with E-state index in [1.54, 1.807) is 38.1 Å². The topological polar surface area (TPSA) is 63.5 Å². The van der Waals surface area contributed by atoms with Gasteiger partial charge in [0.15, 0.2) is 5.78 Å². The molecule has 0 radical (unpaired) electrons. The Balaban J connectivity index is 2.37. The summed E-state index contributed by atoms with van der Waals surface area (Å²) < 4.78 is 0. The largest absolute Gasteiger partial charge is 0.378 e. The van der Waals surface area contributed by atoms with Crippen molar-refractivity contribution < 1.29 is 9.72 Å². The van der Waals surface area contributed by atoms with Crippen LogP contribution in [0.4, 0.5) is 5.69 Å². The smallest absolute Gasteiger partial charge is 0.223 e. The number of ketones is 1. The number of anilines is 1. The van der Waals surface area contributed by atoms with E-state index in [9.17, 15) is 14.9 Å². The van der Waals surface area contributed by atoms with E-state index in [0.717, 1.165) is 11.3 Å². The lowest BCUT2D eigenvalue weighted by Gasteiger charge is -2.27. The second-order valence-corrected chi connectivity index (χ2v) is 6.94. The molecule has 2 aromatic rings. The van der Waals surface area contributed by atoms with E-state index < -0.39 is 11.5 Å². The molecule has 0 N–H and O–H groups in total. The second kappa shape index (κ2) is 7.47. The molecule has 0 aliphatic heterocycles. The van der Waals surface area contributed by atoms with Gasteiger partial charge >= 0.3 is 0 Å². The summed E-state index contributed by atoms with van der Waals surface area (Å²) in [6.45, 7) is 3.16. The Kier molecular flexibility index (Phi) is 5.57. The fourth-order valence-electron chi connectivity index (χ4n) is 2.83. The van der Waals surface area contributed by atoms with Crippen molar-refractivity contribution in [1.29, 1.82) is 0 Å². The molecule has 25 heavy (non-hydrogen) atoms. The highest BCUT2D eigenvalue weighted by Crippen LogP contribution is 2.35. The van der Waals surface area contributed by atoms with Crippen molar-refractivity contribution in [2.24, 2.45) is 0 Å². The van der Waals surface area contributed by atoms with Crippen LogP contribution in [-0.2, 0) is 0 Å². The Morgan fingerprint density at radius 1 is 1.08 bits per heavy atom. The molecule has 0 aromatic heterocycles. The molecule has 132 valence electrons. The van der Waals surface area contributed by atoms with Crippen LogP contribution in [0, 0.1) is 10.1 Å². The minimum absolute atomic E-state index is 0.0859. The monoisotopic (exact) mass is 340 g/mol. The van der Waals surface area contributed by atoms with Gasteiger partial charge < -0.3 is 4.90 Å². The van der Waals surface area contributed by atoms with Gasteiger partial charge in [-0.25, -0.2) is 0 Å². The van der Waals surface area contributed by atoms with Gasteiger partial charge in [-0.15, -0.1) is 0 Å². The molecule has 5 heteroatoms. The Hall–Kier alpha value is -2.69. The van der Waals surface area contributed by atoms with Crippen LogP contribution in [0.3, 0.4) is 0 Å². The minimum atomic E-state index is -1.25. The van der Waals surface area contributed by atoms with Gasteiger partial charge in [0.1, 0.15) is 0 Å². The first-order valence-electron chi connectivity index (χ1n) is 8.23. The number of nitrogens with zero attached hydrogens (tertiary/aromatic N) is 2. The molecule has 0 saturated carbocycles. The highest BCUT2D eigenvalue weighted by molar-refractivity contribution is 5.96. The van der Waals surface area contributed by atoms with Crippen LogP contribution in [0.15, 0.2) is 54.6 Å². The highest BCUT2D eigenvalue weighted by atomic mass is 16.6. The van der Waals surface area contributed by atoms with Crippen LogP contribution >= 0.6 is 0 Å². The lowest BCUT2D eigenvalue weighted by molar-refractivity contribution is -0.565. The number of hydrogen-bond donors (Lipinski definition) is 0. The predicted octanol–water partition coefficient (Wildman–Crippen LogP) is 4.16. The zero-order chi connectivity index (χ0) is 18.6. The number of rotatable bonds is 7. The zero-order valence-electron chi connectivity index (χ0n) is 15.1. The first-order valence-corrected chi connectivity index (χ1v) is 8.23. The first kappa shape index (κ1) is 18.6. The molecule has 0 fully saturated rings. The number of Topliss-reactive ketones (excluding diaryl/α,β-unsaturated/α-hetero) is 1. The van der Waals surface area contributed by atoms with Crippen LogP contribution in [0.2, 0.25) is 0 Å². The Morgan fingerprint density at radius 2 is 1.64 bits per heavy atom. The van der Waals surface area contributed by atoms with Gasteiger partial charge in [-0.3, -0.25) is 14.9 Å². The molecule has 5 nitrogen and oxygen atoms in total. The Morgan fingerprint density at radius 3 is 2.12 bits per heavy atom. The van der Waals surface area contributed by atoms with E-state index in [-0.39, 0.29) is 17.1 Å². The number of carbonyl (C=O) groups is 1. The maximum atomic E-state index is 12.6. The van der Waals surface area contributed by atoms with E-state index in [0.29, 0.717) is 5.56 Å². The van der Waals surface area contributed by atoms with Gasteiger partial charge in [0.05, 0.1) is 5.92 Å². The van der Waals surface area contributed by atoms with Gasteiger partial charge in [-0.1, -0.05) is 42.5 Å². The summed E-state index contributed by atoms with van der Waals surface area (Å²) in [4.78, 5) is 25.9. The van der Waals surface area contributed by atoms with Gasteiger partial charge in [0.2, 0.25) is 5.54 Å². The van der Waals surface area contributed by atoms with E-state index in [4.69, 9.17) is 0 Å². The lowest BCUT2D eigenvalue weighted by atomic mass is 9.78. The molecular formula is C20H24N2O3. The van der Waals surface area contributed by atoms with Crippen LogP contribution < -0.4 is 4.90 Å². The fraction of sp³-hybridized carbons (Fsp3) is 0.350. The standard InChI is InChI=1S/C20H24N2O3/c1-20(2,22(24)25)18(14-19(23)16-8-6-5-7-9-16)15-10-12-17(13-11-15)21(3)4/h5-13,18H,14H2,1-4H3. The Bertz CT molecular complexity index is 737. The minimum Gasteiger partial charge on any atom is -0.378 e. The summed E-state index contributed by atoms with van der Waals surface area (Å²) in [6, 6.07) is 16.5. The van der Waals surface area contributed by atoms with Crippen molar-refractivity contribution in [1.82, 2.24) is 0 Å². The third-order valence-corrected chi connectivity index (χ3v) is 4.62. The molecule has 0 aliphatic rings. The van der Waals surface area contributed by atoms with Crippen LogP contribution in [0.1, 0.15) is 42.1 Å². The number of benzene rings is 2. The van der Waals surface area contributed by atoms with Gasteiger partial charge in [0.25, 0.3) is 0 Å². The van der Waals surface area contributed by atoms with Crippen LogP contribution in [0.5, 0.6) is 0 Å². The number of carbonyl (C=O) groups excluding carboxylic acids is 1. The summed E-state index contributed by atoms with van der Waals surface area (Å²) in [5.41, 5.74) is 1.15. The van der Waals surface area contributed by atoms with Gasteiger partial charge in [0, 0.05) is 50.5 Å². The summed E-state index contributed by atoms with van der Waals surface area (Å²) in [5.74, 6) is -0.594. The maximum Gasteiger partial charge on any atom is 0.223 e. The summed E-state index contributed by atoms with van der Waals surface area (Å²) in [6.07, 6.45) is 0.0965. The number of hydrogen-bond acceptors (Lipinski definition) is 4. The average Bonchev–Trinajstić information content (AvgIpc) is 2.60. The molecule has 0 heterocycles. The third kappa shape index (κ3) is 4.24.